The molecule has 19 heavy (non-hydrogen) atoms. The minimum Gasteiger partial charge on any atom is -0.310 e. The molecule has 1 N–H and O–H groups in total. The van der Waals surface area contributed by atoms with E-state index in [9.17, 15) is 0 Å². The molecule has 1 rings (SSSR count). The third-order valence-electron chi connectivity index (χ3n) is 3.58. The first-order valence-electron chi connectivity index (χ1n) is 7.73. The SMILES string of the molecule is CCCCCCCCCN[C@H](C)c1cccc(Br)c1. The zero-order valence-electron chi connectivity index (χ0n) is 12.4. The van der Waals surface area contributed by atoms with Crippen molar-refractivity contribution in [1.82, 2.24) is 5.32 Å². The van der Waals surface area contributed by atoms with Crippen LogP contribution in [-0.4, -0.2) is 6.54 Å². The van der Waals surface area contributed by atoms with Crippen LogP contribution in [0.2, 0.25) is 0 Å². The molecule has 108 valence electrons. The molecule has 1 aromatic carbocycles. The van der Waals surface area contributed by atoms with Gasteiger partial charge in [0.1, 0.15) is 0 Å². The van der Waals surface area contributed by atoms with Gasteiger partial charge in [-0.2, -0.15) is 0 Å². The van der Waals surface area contributed by atoms with Crippen molar-refractivity contribution in [2.45, 2.75) is 64.8 Å². The minimum atomic E-state index is 0.442. The van der Waals surface area contributed by atoms with Gasteiger partial charge in [-0.15, -0.1) is 0 Å². The largest absolute Gasteiger partial charge is 0.310 e. The number of halogens is 1. The lowest BCUT2D eigenvalue weighted by atomic mass is 10.1. The lowest BCUT2D eigenvalue weighted by Gasteiger charge is -2.14. The summed E-state index contributed by atoms with van der Waals surface area (Å²) in [6, 6.07) is 9.01. The van der Waals surface area contributed by atoms with Crippen molar-refractivity contribution in [3.05, 3.63) is 34.3 Å². The van der Waals surface area contributed by atoms with E-state index in [-0.39, 0.29) is 0 Å². The van der Waals surface area contributed by atoms with Gasteiger partial charge < -0.3 is 5.32 Å². The average Bonchev–Trinajstić information content (AvgIpc) is 2.41. The van der Waals surface area contributed by atoms with E-state index in [0.29, 0.717) is 6.04 Å². The van der Waals surface area contributed by atoms with Crippen molar-refractivity contribution in [2.75, 3.05) is 6.54 Å². The smallest absolute Gasteiger partial charge is 0.0292 e. The number of hydrogen-bond donors (Lipinski definition) is 1. The fourth-order valence-corrected chi connectivity index (χ4v) is 2.71. The lowest BCUT2D eigenvalue weighted by Crippen LogP contribution is -2.19. The van der Waals surface area contributed by atoms with E-state index in [0.717, 1.165) is 11.0 Å². The Balaban J connectivity index is 2.06. The Morgan fingerprint density at radius 3 is 2.42 bits per heavy atom. The second-order valence-corrected chi connectivity index (χ2v) is 6.27. The summed E-state index contributed by atoms with van der Waals surface area (Å²) in [6.45, 7) is 5.64. The molecule has 0 saturated carbocycles. The summed E-state index contributed by atoms with van der Waals surface area (Å²) >= 11 is 3.53. The van der Waals surface area contributed by atoms with Gasteiger partial charge in [-0.25, -0.2) is 0 Å². The second kappa shape index (κ2) is 10.4. The Labute approximate surface area is 127 Å². The van der Waals surface area contributed by atoms with Crippen molar-refractivity contribution < 1.29 is 0 Å². The van der Waals surface area contributed by atoms with Gasteiger partial charge in [-0.1, -0.05) is 73.5 Å². The summed E-state index contributed by atoms with van der Waals surface area (Å²) in [4.78, 5) is 0. The molecule has 2 heteroatoms. The predicted octanol–water partition coefficient (Wildman–Crippen LogP) is 5.85. The highest BCUT2D eigenvalue weighted by Crippen LogP contribution is 2.17. The van der Waals surface area contributed by atoms with Gasteiger partial charge in [-0.05, 0) is 37.6 Å². The van der Waals surface area contributed by atoms with Gasteiger partial charge in [-0.3, -0.25) is 0 Å². The minimum absolute atomic E-state index is 0.442. The normalized spacial score (nSPS) is 12.6. The van der Waals surface area contributed by atoms with Crippen LogP contribution < -0.4 is 5.32 Å². The van der Waals surface area contributed by atoms with Crippen LogP contribution in [0.15, 0.2) is 28.7 Å². The van der Waals surface area contributed by atoms with Gasteiger partial charge >= 0.3 is 0 Å². The van der Waals surface area contributed by atoms with Crippen LogP contribution in [0.4, 0.5) is 0 Å². The lowest BCUT2D eigenvalue weighted by molar-refractivity contribution is 0.524. The fourth-order valence-electron chi connectivity index (χ4n) is 2.29. The molecule has 0 heterocycles. The number of rotatable bonds is 10. The molecule has 1 nitrogen and oxygen atoms in total. The van der Waals surface area contributed by atoms with Gasteiger partial charge in [0.05, 0.1) is 0 Å². The van der Waals surface area contributed by atoms with Crippen LogP contribution >= 0.6 is 15.9 Å². The summed E-state index contributed by atoms with van der Waals surface area (Å²) < 4.78 is 1.16. The number of hydrogen-bond acceptors (Lipinski definition) is 1. The number of nitrogens with one attached hydrogen (secondary N) is 1. The van der Waals surface area contributed by atoms with Crippen LogP contribution in [0.3, 0.4) is 0 Å². The zero-order chi connectivity index (χ0) is 13.9. The highest BCUT2D eigenvalue weighted by atomic mass is 79.9. The molecule has 0 aromatic heterocycles. The molecule has 1 aromatic rings. The zero-order valence-corrected chi connectivity index (χ0v) is 14.0. The Bertz CT molecular complexity index is 338. The standard InChI is InChI=1S/C17H28BrN/c1-3-4-5-6-7-8-9-13-19-15(2)16-11-10-12-17(18)14-16/h10-12,14-15,19H,3-9,13H2,1-2H3/t15-/m1/s1. The first kappa shape index (κ1) is 16.7. The summed E-state index contributed by atoms with van der Waals surface area (Å²) in [5, 5.41) is 3.61. The molecule has 1 atom stereocenters. The molecular formula is C17H28BrN. The fraction of sp³-hybridized carbons (Fsp3) is 0.647. The Morgan fingerprint density at radius 1 is 1.05 bits per heavy atom. The summed E-state index contributed by atoms with van der Waals surface area (Å²) in [5.74, 6) is 0. The molecule has 0 spiro atoms. The van der Waals surface area contributed by atoms with E-state index in [1.165, 1.54) is 50.5 Å². The molecule has 0 radical (unpaired) electrons. The highest BCUT2D eigenvalue weighted by Gasteiger charge is 2.04. The van der Waals surface area contributed by atoms with Crippen LogP contribution in [0.5, 0.6) is 0 Å². The quantitative estimate of drug-likeness (QED) is 0.532. The Morgan fingerprint density at radius 2 is 1.74 bits per heavy atom. The molecule has 0 aliphatic heterocycles. The Kier molecular flexibility index (Phi) is 9.19. The monoisotopic (exact) mass is 325 g/mol. The van der Waals surface area contributed by atoms with Crippen molar-refractivity contribution in [2.24, 2.45) is 0 Å². The summed E-state index contributed by atoms with van der Waals surface area (Å²) in [7, 11) is 0. The number of unbranched alkanes of at least 4 members (excludes halogenated alkanes) is 6. The highest BCUT2D eigenvalue weighted by molar-refractivity contribution is 9.10. The molecule has 0 saturated heterocycles. The van der Waals surface area contributed by atoms with Crippen LogP contribution in [-0.2, 0) is 0 Å². The van der Waals surface area contributed by atoms with Gasteiger partial charge in [0.15, 0.2) is 0 Å². The molecule has 0 aliphatic rings. The Hall–Kier alpha value is -0.340. The molecule has 0 amide bonds. The van der Waals surface area contributed by atoms with Gasteiger partial charge in [0, 0.05) is 10.5 Å². The maximum absolute atomic E-state index is 3.61. The van der Waals surface area contributed by atoms with Gasteiger partial charge in [0.25, 0.3) is 0 Å². The van der Waals surface area contributed by atoms with Crippen molar-refractivity contribution in [3.63, 3.8) is 0 Å². The van der Waals surface area contributed by atoms with Gasteiger partial charge in [0.2, 0.25) is 0 Å². The van der Waals surface area contributed by atoms with E-state index in [1.54, 1.807) is 0 Å². The van der Waals surface area contributed by atoms with Crippen LogP contribution in [0, 0.1) is 0 Å². The van der Waals surface area contributed by atoms with E-state index in [2.05, 4.69) is 59.4 Å². The third kappa shape index (κ3) is 7.74. The first-order chi connectivity index (χ1) is 9.24. The summed E-state index contributed by atoms with van der Waals surface area (Å²) in [6.07, 6.45) is 9.62. The maximum atomic E-state index is 3.61. The van der Waals surface area contributed by atoms with Crippen LogP contribution in [0.25, 0.3) is 0 Å². The predicted molar refractivity (Wildman–Crippen MR) is 88.6 cm³/mol. The van der Waals surface area contributed by atoms with E-state index >= 15 is 0 Å². The molecule has 0 fully saturated rings. The second-order valence-electron chi connectivity index (χ2n) is 5.35. The van der Waals surface area contributed by atoms with Crippen molar-refractivity contribution >= 4 is 15.9 Å². The summed E-state index contributed by atoms with van der Waals surface area (Å²) in [5.41, 5.74) is 1.36. The van der Waals surface area contributed by atoms with Crippen molar-refractivity contribution in [3.8, 4) is 0 Å². The van der Waals surface area contributed by atoms with Crippen molar-refractivity contribution in [1.29, 1.82) is 0 Å². The average molecular weight is 326 g/mol. The van der Waals surface area contributed by atoms with E-state index < -0.39 is 0 Å². The molecule has 0 bridgehead atoms. The molecule has 0 unspecified atom stereocenters. The number of benzene rings is 1. The van der Waals surface area contributed by atoms with E-state index in [1.807, 2.05) is 0 Å². The maximum Gasteiger partial charge on any atom is 0.0292 e. The van der Waals surface area contributed by atoms with Crippen LogP contribution in [0.1, 0.15) is 70.4 Å². The van der Waals surface area contributed by atoms with E-state index in [4.69, 9.17) is 0 Å². The first-order valence-corrected chi connectivity index (χ1v) is 8.52. The molecule has 0 aliphatic carbocycles. The third-order valence-corrected chi connectivity index (χ3v) is 4.07. The molecular weight excluding hydrogens is 298 g/mol. The topological polar surface area (TPSA) is 12.0 Å².